The van der Waals surface area contributed by atoms with Gasteiger partial charge in [0.25, 0.3) is 5.69 Å². The molecule has 162 valence electrons. The fourth-order valence-electron chi connectivity index (χ4n) is 4.07. The number of nitro groups is 1. The van der Waals surface area contributed by atoms with Gasteiger partial charge in [-0.3, -0.25) is 14.9 Å². The lowest BCUT2D eigenvalue weighted by Crippen LogP contribution is -2.25. The van der Waals surface area contributed by atoms with E-state index >= 15 is 0 Å². The Labute approximate surface area is 184 Å². The highest BCUT2D eigenvalue weighted by Crippen LogP contribution is 2.58. The predicted molar refractivity (Wildman–Crippen MR) is 117 cm³/mol. The van der Waals surface area contributed by atoms with E-state index in [-0.39, 0.29) is 23.1 Å². The van der Waals surface area contributed by atoms with Crippen LogP contribution in [0.25, 0.3) is 0 Å². The second-order valence-corrected chi connectivity index (χ2v) is 7.52. The standard InChI is InChI=1S/C24H21N3O5/c1-32-21-13-16(12-20(22(21)28)27(30)31)15-25-26-23(29)19-14-24(19,17-8-4-2-5-9-17)18-10-6-3-7-11-18/h2-13,15,19,28H,14H2,1H3,(H,26,29)/p-1/b25-15-/t19-/m0/s1. The van der Waals surface area contributed by atoms with E-state index in [1.165, 1.54) is 19.4 Å². The Morgan fingerprint density at radius 2 is 1.72 bits per heavy atom. The number of nitro benzene ring substituents is 1. The number of nitrogens with one attached hydrogen (secondary N) is 1. The topological polar surface area (TPSA) is 117 Å². The maximum absolute atomic E-state index is 12.9. The molecule has 0 spiro atoms. The van der Waals surface area contributed by atoms with Crippen LogP contribution in [-0.4, -0.2) is 24.2 Å². The summed E-state index contributed by atoms with van der Waals surface area (Å²) in [5.74, 6) is -1.54. The van der Waals surface area contributed by atoms with Gasteiger partial charge in [0.15, 0.2) is 0 Å². The van der Waals surface area contributed by atoms with Gasteiger partial charge in [-0.15, -0.1) is 0 Å². The first-order valence-electron chi connectivity index (χ1n) is 9.95. The van der Waals surface area contributed by atoms with Crippen LogP contribution < -0.4 is 15.3 Å². The lowest BCUT2D eigenvalue weighted by Gasteiger charge is -2.18. The first-order valence-corrected chi connectivity index (χ1v) is 9.95. The average Bonchev–Trinajstić information content (AvgIpc) is 3.58. The van der Waals surface area contributed by atoms with E-state index < -0.39 is 21.8 Å². The van der Waals surface area contributed by atoms with Crippen molar-refractivity contribution in [3.05, 3.63) is 99.6 Å². The summed E-state index contributed by atoms with van der Waals surface area (Å²) < 4.78 is 4.91. The van der Waals surface area contributed by atoms with Gasteiger partial charge in [0.1, 0.15) is 5.75 Å². The van der Waals surface area contributed by atoms with Gasteiger partial charge in [0, 0.05) is 22.8 Å². The summed E-state index contributed by atoms with van der Waals surface area (Å²) in [4.78, 5) is 23.2. The molecule has 4 rings (SSSR count). The van der Waals surface area contributed by atoms with E-state index in [4.69, 9.17) is 4.74 Å². The second-order valence-electron chi connectivity index (χ2n) is 7.52. The molecule has 0 saturated heterocycles. The molecular formula is C24H20N3O5-. The Bertz CT molecular complexity index is 1140. The maximum atomic E-state index is 12.9. The SMILES string of the molecule is COc1cc(/C=N\NC(=O)[C@@H]2CC2(c2ccccc2)c2ccccc2)cc([N+](=O)[O-])c1[O-]. The molecule has 32 heavy (non-hydrogen) atoms. The van der Waals surface area contributed by atoms with Crippen molar-refractivity contribution < 1.29 is 19.6 Å². The zero-order valence-corrected chi connectivity index (χ0v) is 17.2. The number of methoxy groups -OCH3 is 1. The number of hydrogen-bond acceptors (Lipinski definition) is 6. The Hall–Kier alpha value is -4.20. The minimum absolute atomic E-state index is 0.165. The van der Waals surface area contributed by atoms with Gasteiger partial charge in [0.2, 0.25) is 5.91 Å². The van der Waals surface area contributed by atoms with E-state index in [2.05, 4.69) is 10.5 Å². The maximum Gasteiger partial charge on any atom is 0.266 e. The quantitative estimate of drug-likeness (QED) is 0.351. The van der Waals surface area contributed by atoms with E-state index in [1.807, 2.05) is 60.7 Å². The third kappa shape index (κ3) is 3.78. The first-order chi connectivity index (χ1) is 15.5. The summed E-state index contributed by atoms with van der Waals surface area (Å²) in [7, 11) is 1.25. The smallest absolute Gasteiger partial charge is 0.266 e. The number of rotatable bonds is 7. The highest BCUT2D eigenvalue weighted by atomic mass is 16.6. The minimum atomic E-state index is -0.813. The molecule has 1 atom stereocenters. The van der Waals surface area contributed by atoms with E-state index in [0.717, 1.165) is 17.2 Å². The molecule has 1 N–H and O–H groups in total. The molecule has 1 amide bonds. The van der Waals surface area contributed by atoms with Gasteiger partial charge in [-0.25, -0.2) is 5.43 Å². The molecule has 0 heterocycles. The summed E-state index contributed by atoms with van der Waals surface area (Å²) >= 11 is 0. The number of nitrogens with zero attached hydrogens (tertiary/aromatic N) is 2. The third-order valence-corrected chi connectivity index (χ3v) is 5.72. The van der Waals surface area contributed by atoms with Crippen LogP contribution in [0.4, 0.5) is 5.69 Å². The van der Waals surface area contributed by atoms with Crippen molar-refractivity contribution in [1.82, 2.24) is 5.43 Å². The molecule has 0 aliphatic heterocycles. The van der Waals surface area contributed by atoms with Crippen LogP contribution in [0.1, 0.15) is 23.1 Å². The molecule has 1 aliphatic rings. The summed E-state index contributed by atoms with van der Waals surface area (Å²) in [5.41, 5.74) is 3.87. The largest absolute Gasteiger partial charge is 0.865 e. The fourth-order valence-corrected chi connectivity index (χ4v) is 4.07. The molecular weight excluding hydrogens is 410 g/mol. The van der Waals surface area contributed by atoms with Crippen molar-refractivity contribution in [3.63, 3.8) is 0 Å². The summed E-state index contributed by atoms with van der Waals surface area (Å²) in [6.45, 7) is 0. The van der Waals surface area contributed by atoms with Crippen LogP contribution in [0.5, 0.6) is 11.5 Å². The zero-order chi connectivity index (χ0) is 22.7. The molecule has 3 aromatic rings. The van der Waals surface area contributed by atoms with Crippen molar-refractivity contribution in [2.45, 2.75) is 11.8 Å². The van der Waals surface area contributed by atoms with Crippen molar-refractivity contribution in [2.24, 2.45) is 11.0 Å². The van der Waals surface area contributed by atoms with Crippen LogP contribution >= 0.6 is 0 Å². The van der Waals surface area contributed by atoms with Crippen LogP contribution in [0.3, 0.4) is 0 Å². The number of carbonyl (C=O) groups is 1. The van der Waals surface area contributed by atoms with Crippen molar-refractivity contribution >= 4 is 17.8 Å². The molecule has 1 saturated carbocycles. The normalized spacial score (nSPS) is 16.5. The molecule has 0 bridgehead atoms. The lowest BCUT2D eigenvalue weighted by atomic mass is 9.85. The highest BCUT2D eigenvalue weighted by molar-refractivity contribution is 5.88. The Morgan fingerprint density at radius 1 is 1.12 bits per heavy atom. The van der Waals surface area contributed by atoms with E-state index in [0.29, 0.717) is 6.42 Å². The summed E-state index contributed by atoms with van der Waals surface area (Å²) in [5, 5.41) is 27.0. The van der Waals surface area contributed by atoms with Crippen LogP contribution in [0.15, 0.2) is 77.9 Å². The minimum Gasteiger partial charge on any atom is -0.865 e. The fraction of sp³-hybridized carbons (Fsp3) is 0.167. The zero-order valence-electron chi connectivity index (χ0n) is 17.2. The van der Waals surface area contributed by atoms with Crippen LogP contribution in [0, 0.1) is 16.0 Å². The van der Waals surface area contributed by atoms with Crippen LogP contribution in [-0.2, 0) is 10.2 Å². The van der Waals surface area contributed by atoms with Crippen molar-refractivity contribution in [1.29, 1.82) is 0 Å². The first kappa shape index (κ1) is 21.0. The molecule has 8 nitrogen and oxygen atoms in total. The Kier molecular flexibility index (Phi) is 5.59. The van der Waals surface area contributed by atoms with Gasteiger partial charge in [-0.2, -0.15) is 5.10 Å². The number of carbonyl (C=O) groups excluding carboxylic acids is 1. The van der Waals surface area contributed by atoms with Crippen molar-refractivity contribution in [3.8, 4) is 11.5 Å². The number of benzene rings is 3. The van der Waals surface area contributed by atoms with Crippen LogP contribution in [0.2, 0.25) is 0 Å². The number of hydrazone groups is 1. The van der Waals surface area contributed by atoms with E-state index in [9.17, 15) is 20.0 Å². The van der Waals surface area contributed by atoms with Crippen molar-refractivity contribution in [2.75, 3.05) is 7.11 Å². The molecule has 3 aromatic carbocycles. The number of ether oxygens (including phenoxy) is 1. The molecule has 0 unspecified atom stereocenters. The molecule has 8 heteroatoms. The van der Waals surface area contributed by atoms with Gasteiger partial charge in [-0.05, 0) is 23.6 Å². The molecule has 1 aliphatic carbocycles. The number of amides is 1. The predicted octanol–water partition coefficient (Wildman–Crippen LogP) is 3.13. The average molecular weight is 430 g/mol. The summed E-state index contributed by atoms with van der Waals surface area (Å²) in [6, 6.07) is 22.1. The monoisotopic (exact) mass is 430 g/mol. The Balaban J connectivity index is 1.55. The molecule has 0 radical (unpaired) electrons. The molecule has 0 aromatic heterocycles. The van der Waals surface area contributed by atoms with Gasteiger partial charge in [0.05, 0.1) is 24.2 Å². The summed E-state index contributed by atoms with van der Waals surface area (Å²) in [6.07, 6.45) is 1.90. The van der Waals surface area contributed by atoms with Gasteiger partial charge >= 0.3 is 0 Å². The van der Waals surface area contributed by atoms with Gasteiger partial charge < -0.3 is 9.84 Å². The third-order valence-electron chi connectivity index (χ3n) is 5.72. The van der Waals surface area contributed by atoms with E-state index in [1.54, 1.807) is 0 Å². The second kappa shape index (κ2) is 8.50. The highest BCUT2D eigenvalue weighted by Gasteiger charge is 2.60. The van der Waals surface area contributed by atoms with Gasteiger partial charge in [-0.1, -0.05) is 60.7 Å². The molecule has 1 fully saturated rings. The Morgan fingerprint density at radius 3 is 2.25 bits per heavy atom. The number of hydrogen-bond donors (Lipinski definition) is 1. The lowest BCUT2D eigenvalue weighted by molar-refractivity contribution is -0.398.